The van der Waals surface area contributed by atoms with Crippen molar-refractivity contribution >= 4 is 10.0 Å². The molecule has 2 aromatic heterocycles. The molecular weight excluding hydrogens is 268 g/mol. The first kappa shape index (κ1) is 12.4. The van der Waals surface area contributed by atoms with Gasteiger partial charge in [0.15, 0.2) is 5.03 Å². The van der Waals surface area contributed by atoms with Crippen LogP contribution in [0.3, 0.4) is 0 Å². The molecule has 0 atom stereocenters. The van der Waals surface area contributed by atoms with Crippen LogP contribution in [0.5, 0.6) is 0 Å². The Balaban J connectivity index is 1.79. The second-order valence-electron chi connectivity index (χ2n) is 4.66. The molecule has 3 rings (SSSR count). The van der Waals surface area contributed by atoms with Gasteiger partial charge in [0.25, 0.3) is 10.0 Å². The summed E-state index contributed by atoms with van der Waals surface area (Å²) in [5, 5.41) is 7.96. The van der Waals surface area contributed by atoms with Gasteiger partial charge in [0.05, 0.1) is 11.9 Å². The van der Waals surface area contributed by atoms with Crippen LogP contribution in [0.4, 0.5) is 0 Å². The second-order valence-corrected chi connectivity index (χ2v) is 6.38. The summed E-state index contributed by atoms with van der Waals surface area (Å²) >= 11 is 0. The highest BCUT2D eigenvalue weighted by molar-refractivity contribution is 7.89. The van der Waals surface area contributed by atoms with Gasteiger partial charge in [-0.25, -0.2) is 13.1 Å². The van der Waals surface area contributed by atoms with Crippen molar-refractivity contribution in [3.63, 3.8) is 0 Å². The number of sulfonamides is 1. The van der Waals surface area contributed by atoms with Gasteiger partial charge in [-0.3, -0.25) is 4.68 Å². The molecule has 2 heterocycles. The van der Waals surface area contributed by atoms with E-state index in [2.05, 4.69) is 19.5 Å². The number of aryl methyl sites for hydroxylation is 1. The number of hydrogen-bond donors (Lipinski definition) is 1. The van der Waals surface area contributed by atoms with Crippen LogP contribution >= 0.6 is 0 Å². The fourth-order valence-electron chi connectivity index (χ4n) is 1.87. The standard InChI is InChI=1S/C11H14N4O3S/c1-15-11(4-10(14-15)9-2-3-9)19(16,17)13-6-8-5-12-18-7-8/h4-5,7,9,13H,2-3,6H2,1H3. The fourth-order valence-corrected chi connectivity index (χ4v) is 3.04. The SMILES string of the molecule is Cn1nc(C2CC2)cc1S(=O)(=O)NCc1cnoc1. The van der Waals surface area contributed by atoms with E-state index in [1.54, 1.807) is 13.1 Å². The van der Waals surface area contributed by atoms with Crippen LogP contribution in [0.25, 0.3) is 0 Å². The van der Waals surface area contributed by atoms with Gasteiger partial charge in [0.2, 0.25) is 0 Å². The minimum Gasteiger partial charge on any atom is -0.364 e. The summed E-state index contributed by atoms with van der Waals surface area (Å²) in [6.45, 7) is 0.149. The van der Waals surface area contributed by atoms with Gasteiger partial charge >= 0.3 is 0 Å². The zero-order valence-electron chi connectivity index (χ0n) is 10.4. The summed E-state index contributed by atoms with van der Waals surface area (Å²) < 4.78 is 32.9. The normalized spacial score (nSPS) is 15.8. The number of hydrogen-bond acceptors (Lipinski definition) is 5. The molecule has 1 aliphatic carbocycles. The third kappa shape index (κ3) is 2.54. The zero-order chi connectivity index (χ0) is 13.5. The van der Waals surface area contributed by atoms with Gasteiger partial charge in [-0.05, 0) is 12.8 Å². The van der Waals surface area contributed by atoms with Crippen molar-refractivity contribution in [3.05, 3.63) is 29.8 Å². The van der Waals surface area contributed by atoms with Crippen LogP contribution < -0.4 is 4.72 Å². The number of rotatable bonds is 5. The molecule has 2 aromatic rings. The van der Waals surface area contributed by atoms with Crippen LogP contribution in [0, 0.1) is 0 Å². The van der Waals surface area contributed by atoms with Crippen molar-refractivity contribution in [2.24, 2.45) is 7.05 Å². The largest absolute Gasteiger partial charge is 0.364 e. The predicted octanol–water partition coefficient (Wildman–Crippen LogP) is 0.764. The summed E-state index contributed by atoms with van der Waals surface area (Å²) in [4.78, 5) is 0. The van der Waals surface area contributed by atoms with Gasteiger partial charge in [0.1, 0.15) is 6.26 Å². The van der Waals surface area contributed by atoms with E-state index >= 15 is 0 Å². The minimum absolute atomic E-state index is 0.149. The first-order valence-electron chi connectivity index (χ1n) is 5.98. The van der Waals surface area contributed by atoms with Crippen LogP contribution in [0.1, 0.15) is 30.0 Å². The molecular formula is C11H14N4O3S. The molecule has 0 saturated heterocycles. The smallest absolute Gasteiger partial charge is 0.258 e. The maximum Gasteiger partial charge on any atom is 0.258 e. The predicted molar refractivity (Wildman–Crippen MR) is 65.7 cm³/mol. The highest BCUT2D eigenvalue weighted by Crippen LogP contribution is 2.39. The number of nitrogens with one attached hydrogen (secondary N) is 1. The minimum atomic E-state index is -3.57. The van der Waals surface area contributed by atoms with E-state index in [4.69, 9.17) is 0 Å². The molecule has 0 spiro atoms. The Morgan fingerprint density at radius 2 is 2.32 bits per heavy atom. The van der Waals surface area contributed by atoms with Gasteiger partial charge in [-0.15, -0.1) is 0 Å². The summed E-state index contributed by atoms with van der Waals surface area (Å²) in [6.07, 6.45) is 5.05. The zero-order valence-corrected chi connectivity index (χ0v) is 11.2. The van der Waals surface area contributed by atoms with Gasteiger partial charge in [-0.2, -0.15) is 5.10 Å². The fraction of sp³-hybridized carbons (Fsp3) is 0.455. The van der Waals surface area contributed by atoms with Crippen molar-refractivity contribution in [1.82, 2.24) is 19.7 Å². The van der Waals surface area contributed by atoms with E-state index in [1.165, 1.54) is 17.1 Å². The first-order chi connectivity index (χ1) is 9.06. The monoisotopic (exact) mass is 282 g/mol. The molecule has 8 heteroatoms. The Bertz CT molecular complexity index is 671. The van der Waals surface area contributed by atoms with E-state index < -0.39 is 10.0 Å². The van der Waals surface area contributed by atoms with Gasteiger partial charge in [-0.1, -0.05) is 5.16 Å². The summed E-state index contributed by atoms with van der Waals surface area (Å²) in [7, 11) is -1.93. The molecule has 0 unspecified atom stereocenters. The first-order valence-corrected chi connectivity index (χ1v) is 7.46. The van der Waals surface area contributed by atoms with Crippen molar-refractivity contribution < 1.29 is 12.9 Å². The van der Waals surface area contributed by atoms with Crippen LogP contribution in [-0.2, 0) is 23.6 Å². The topological polar surface area (TPSA) is 90.0 Å². The maximum absolute atomic E-state index is 12.2. The highest BCUT2D eigenvalue weighted by Gasteiger charge is 2.29. The molecule has 19 heavy (non-hydrogen) atoms. The van der Waals surface area contributed by atoms with Crippen molar-refractivity contribution in [3.8, 4) is 0 Å². The van der Waals surface area contributed by atoms with Crippen LogP contribution in [-0.4, -0.2) is 23.4 Å². The molecule has 1 saturated carbocycles. The Labute approximate surface area is 110 Å². The maximum atomic E-state index is 12.2. The molecule has 1 fully saturated rings. The quantitative estimate of drug-likeness (QED) is 0.874. The molecule has 102 valence electrons. The summed E-state index contributed by atoms with van der Waals surface area (Å²) in [5.74, 6) is 0.424. The van der Waals surface area contributed by atoms with Crippen molar-refractivity contribution in [2.75, 3.05) is 0 Å². The third-order valence-corrected chi connectivity index (χ3v) is 4.53. The second kappa shape index (κ2) is 4.46. The Hall–Kier alpha value is -1.67. The molecule has 0 bridgehead atoms. The lowest BCUT2D eigenvalue weighted by Crippen LogP contribution is -2.25. The average Bonchev–Trinajstić information content (AvgIpc) is 2.93. The molecule has 7 nitrogen and oxygen atoms in total. The molecule has 0 radical (unpaired) electrons. The lowest BCUT2D eigenvalue weighted by molar-refractivity contribution is 0.418. The number of nitrogens with zero attached hydrogens (tertiary/aromatic N) is 3. The highest BCUT2D eigenvalue weighted by atomic mass is 32.2. The molecule has 1 aliphatic rings. The molecule has 1 N–H and O–H groups in total. The van der Waals surface area contributed by atoms with E-state index in [0.29, 0.717) is 11.5 Å². The summed E-state index contributed by atoms with van der Waals surface area (Å²) in [5.41, 5.74) is 1.53. The number of aromatic nitrogens is 3. The van der Waals surface area contributed by atoms with E-state index in [0.717, 1.165) is 18.5 Å². The van der Waals surface area contributed by atoms with Gasteiger partial charge < -0.3 is 4.52 Å². The van der Waals surface area contributed by atoms with E-state index in [-0.39, 0.29) is 11.6 Å². The van der Waals surface area contributed by atoms with Crippen molar-refractivity contribution in [2.45, 2.75) is 30.3 Å². The van der Waals surface area contributed by atoms with E-state index in [9.17, 15) is 8.42 Å². The lowest BCUT2D eigenvalue weighted by atomic mass is 10.3. The Kier molecular flexibility index (Phi) is 2.90. The Morgan fingerprint density at radius 1 is 1.53 bits per heavy atom. The lowest BCUT2D eigenvalue weighted by Gasteiger charge is -2.04. The molecule has 0 aromatic carbocycles. The molecule has 0 amide bonds. The Morgan fingerprint density at radius 3 is 2.95 bits per heavy atom. The van der Waals surface area contributed by atoms with E-state index in [1.807, 2.05) is 0 Å². The third-order valence-electron chi connectivity index (χ3n) is 3.08. The average molecular weight is 282 g/mol. The molecule has 0 aliphatic heterocycles. The summed E-state index contributed by atoms with van der Waals surface area (Å²) in [6, 6.07) is 1.65. The van der Waals surface area contributed by atoms with Crippen LogP contribution in [0.2, 0.25) is 0 Å². The van der Waals surface area contributed by atoms with Gasteiger partial charge in [0, 0.05) is 31.1 Å². The van der Waals surface area contributed by atoms with Crippen molar-refractivity contribution in [1.29, 1.82) is 0 Å². The van der Waals surface area contributed by atoms with Crippen LogP contribution in [0.15, 0.2) is 28.1 Å².